The van der Waals surface area contributed by atoms with Crippen LogP contribution in [0.3, 0.4) is 0 Å². The summed E-state index contributed by atoms with van der Waals surface area (Å²) in [4.78, 5) is 22.6. The number of amides is 1. The second kappa shape index (κ2) is 10.6. The molecule has 6 rings (SSSR count). The number of fused-ring (bicyclic) bond motifs is 2. The van der Waals surface area contributed by atoms with Crippen molar-refractivity contribution in [3.05, 3.63) is 59.9 Å². The molecule has 1 unspecified atom stereocenters. The molecule has 2 saturated heterocycles. The van der Waals surface area contributed by atoms with Crippen molar-refractivity contribution in [2.24, 2.45) is 11.8 Å². The smallest absolute Gasteiger partial charge is 0.245 e. The van der Waals surface area contributed by atoms with Crippen molar-refractivity contribution in [3.8, 4) is 11.5 Å². The highest BCUT2D eigenvalue weighted by Gasteiger charge is 2.43. The van der Waals surface area contributed by atoms with Crippen molar-refractivity contribution in [2.75, 3.05) is 31.6 Å². The molecule has 2 aromatic carbocycles. The zero-order valence-corrected chi connectivity index (χ0v) is 21.8. The predicted octanol–water partition coefficient (Wildman–Crippen LogP) is 5.27. The monoisotopic (exact) mass is 556 g/mol. The summed E-state index contributed by atoms with van der Waals surface area (Å²) in [5.41, 5.74) is 0.541. The van der Waals surface area contributed by atoms with Crippen LogP contribution in [0, 0.1) is 23.5 Å². The minimum absolute atomic E-state index is 0.0189. The molecule has 3 aromatic rings. The lowest BCUT2D eigenvalue weighted by Gasteiger charge is -2.22. The normalized spacial score (nSPS) is 24.1. The van der Waals surface area contributed by atoms with E-state index in [0.29, 0.717) is 66.4 Å². The number of ether oxygens (including phenoxy) is 3. The van der Waals surface area contributed by atoms with E-state index in [0.717, 1.165) is 25.3 Å². The number of hydrogen-bond donors (Lipinski definition) is 1. The molecule has 3 fully saturated rings. The number of nitrogens with one attached hydrogen (secondary N) is 1. The summed E-state index contributed by atoms with van der Waals surface area (Å²) in [7, 11) is 0. The zero-order chi connectivity index (χ0) is 27.1. The van der Waals surface area contributed by atoms with E-state index in [4.69, 9.17) is 25.8 Å². The standard InChI is InChI=1S/C28H27ClF2N4O4/c1-2-25(36)35-11-15-7-18(8-16(15)12-35)39-23-9-19-22(10-24(23)38-17-5-6-37-13-17)32-14-33-28(19)34-21-4-3-20(30)26(29)27(21)31/h2-4,9-10,14-18H,1,5-8,11-13H2,(H,32,33,34)/t15-,16+,17-,18?/m0/s1. The van der Waals surface area contributed by atoms with Crippen LogP contribution in [-0.4, -0.2) is 59.3 Å². The number of carbonyl (C=O) groups excluding carboxylic acids is 1. The van der Waals surface area contributed by atoms with Gasteiger partial charge in [0.1, 0.15) is 29.1 Å². The number of benzene rings is 2. The quantitative estimate of drug-likeness (QED) is 0.313. The molecule has 3 heterocycles. The lowest BCUT2D eigenvalue weighted by atomic mass is 10.0. The van der Waals surface area contributed by atoms with E-state index < -0.39 is 16.7 Å². The molecule has 1 amide bonds. The van der Waals surface area contributed by atoms with E-state index >= 15 is 0 Å². The number of anilines is 2. The maximum absolute atomic E-state index is 14.6. The Morgan fingerprint density at radius 1 is 1.13 bits per heavy atom. The number of halogens is 3. The van der Waals surface area contributed by atoms with E-state index in [9.17, 15) is 13.6 Å². The first-order valence-electron chi connectivity index (χ1n) is 12.9. The van der Waals surface area contributed by atoms with Crippen LogP contribution in [0.4, 0.5) is 20.3 Å². The number of likely N-dealkylation sites (tertiary alicyclic amines) is 1. The average Bonchev–Trinajstić information content (AvgIpc) is 3.66. The highest BCUT2D eigenvalue weighted by molar-refractivity contribution is 6.31. The summed E-state index contributed by atoms with van der Waals surface area (Å²) in [5, 5.41) is 2.88. The van der Waals surface area contributed by atoms with Crippen molar-refractivity contribution in [2.45, 2.75) is 31.5 Å². The Morgan fingerprint density at radius 3 is 2.59 bits per heavy atom. The lowest BCUT2D eigenvalue weighted by molar-refractivity contribution is -0.125. The van der Waals surface area contributed by atoms with Gasteiger partial charge in [-0.3, -0.25) is 4.79 Å². The summed E-state index contributed by atoms with van der Waals surface area (Å²) in [6.07, 6.45) is 4.93. The number of hydrogen-bond acceptors (Lipinski definition) is 7. The second-order valence-electron chi connectivity index (χ2n) is 10.2. The largest absolute Gasteiger partial charge is 0.486 e. The van der Waals surface area contributed by atoms with E-state index in [1.54, 1.807) is 12.1 Å². The highest BCUT2D eigenvalue weighted by Crippen LogP contribution is 2.43. The summed E-state index contributed by atoms with van der Waals surface area (Å²) in [6, 6.07) is 5.91. The third-order valence-electron chi connectivity index (χ3n) is 7.66. The molecule has 11 heteroatoms. The van der Waals surface area contributed by atoms with E-state index in [1.807, 2.05) is 4.90 Å². The van der Waals surface area contributed by atoms with Crippen LogP contribution in [0.5, 0.6) is 11.5 Å². The highest BCUT2D eigenvalue weighted by atomic mass is 35.5. The van der Waals surface area contributed by atoms with Crippen molar-refractivity contribution < 1.29 is 27.8 Å². The molecular formula is C28H27ClF2N4O4. The molecule has 4 atom stereocenters. The molecule has 1 aliphatic carbocycles. The SMILES string of the molecule is C=CC(=O)N1C[C@H]2CC(Oc3cc4c(Nc5ccc(F)c(Cl)c5F)ncnc4cc3O[C@H]3CCOC3)C[C@H]2C1. The molecule has 0 spiro atoms. The predicted molar refractivity (Wildman–Crippen MR) is 141 cm³/mol. The summed E-state index contributed by atoms with van der Waals surface area (Å²) in [6.45, 7) is 6.10. The Morgan fingerprint density at radius 2 is 1.87 bits per heavy atom. The van der Waals surface area contributed by atoms with Gasteiger partial charge in [-0.05, 0) is 49.0 Å². The minimum atomic E-state index is -0.914. The summed E-state index contributed by atoms with van der Waals surface area (Å²) < 4.78 is 46.6. The van der Waals surface area contributed by atoms with Gasteiger partial charge in [-0.2, -0.15) is 0 Å². The van der Waals surface area contributed by atoms with Gasteiger partial charge in [0.05, 0.1) is 30.5 Å². The summed E-state index contributed by atoms with van der Waals surface area (Å²) >= 11 is 5.77. The van der Waals surface area contributed by atoms with Gasteiger partial charge in [0.15, 0.2) is 17.3 Å². The van der Waals surface area contributed by atoms with Gasteiger partial charge in [0, 0.05) is 31.0 Å². The number of aromatic nitrogens is 2. The van der Waals surface area contributed by atoms with Gasteiger partial charge in [0.2, 0.25) is 5.91 Å². The molecule has 0 radical (unpaired) electrons. The minimum Gasteiger partial charge on any atom is -0.486 e. The van der Waals surface area contributed by atoms with Crippen LogP contribution in [-0.2, 0) is 9.53 Å². The molecule has 1 N–H and O–H groups in total. The van der Waals surface area contributed by atoms with Crippen molar-refractivity contribution in [3.63, 3.8) is 0 Å². The van der Waals surface area contributed by atoms with Crippen LogP contribution in [0.1, 0.15) is 19.3 Å². The molecule has 0 bridgehead atoms. The number of rotatable bonds is 7. The first kappa shape index (κ1) is 25.8. The van der Waals surface area contributed by atoms with E-state index in [-0.39, 0.29) is 23.8 Å². The zero-order valence-electron chi connectivity index (χ0n) is 21.0. The molecule has 204 valence electrons. The third kappa shape index (κ3) is 5.10. The van der Waals surface area contributed by atoms with Crippen molar-refractivity contribution in [1.82, 2.24) is 14.9 Å². The first-order chi connectivity index (χ1) is 18.9. The Balaban J connectivity index is 1.30. The van der Waals surface area contributed by atoms with Crippen LogP contribution in [0.2, 0.25) is 5.02 Å². The molecule has 8 nitrogen and oxygen atoms in total. The second-order valence-corrected chi connectivity index (χ2v) is 10.5. The van der Waals surface area contributed by atoms with Gasteiger partial charge < -0.3 is 24.4 Å². The van der Waals surface area contributed by atoms with Crippen LogP contribution in [0.25, 0.3) is 10.9 Å². The molecular weight excluding hydrogens is 530 g/mol. The van der Waals surface area contributed by atoms with Crippen LogP contribution < -0.4 is 14.8 Å². The van der Waals surface area contributed by atoms with Crippen LogP contribution in [0.15, 0.2) is 43.2 Å². The molecule has 3 aliphatic rings. The van der Waals surface area contributed by atoms with Crippen molar-refractivity contribution >= 4 is 39.9 Å². The van der Waals surface area contributed by atoms with Gasteiger partial charge in [0.25, 0.3) is 0 Å². The fraction of sp³-hybridized carbons (Fsp3) is 0.393. The maximum atomic E-state index is 14.6. The average molecular weight is 557 g/mol. The van der Waals surface area contributed by atoms with Gasteiger partial charge in [-0.1, -0.05) is 18.2 Å². The molecule has 2 aliphatic heterocycles. The van der Waals surface area contributed by atoms with Crippen LogP contribution >= 0.6 is 11.6 Å². The number of nitrogens with zero attached hydrogens (tertiary/aromatic N) is 3. The Kier molecular flexibility index (Phi) is 6.99. The van der Waals surface area contributed by atoms with E-state index in [2.05, 4.69) is 21.9 Å². The van der Waals surface area contributed by atoms with Gasteiger partial charge in [-0.15, -0.1) is 0 Å². The fourth-order valence-electron chi connectivity index (χ4n) is 5.71. The molecule has 39 heavy (non-hydrogen) atoms. The Bertz CT molecular complexity index is 1420. The Labute approximate surface area is 228 Å². The number of carbonyl (C=O) groups is 1. The molecule has 1 saturated carbocycles. The summed E-state index contributed by atoms with van der Waals surface area (Å²) in [5.74, 6) is 0.292. The third-order valence-corrected chi connectivity index (χ3v) is 8.00. The lowest BCUT2D eigenvalue weighted by Crippen LogP contribution is -2.29. The van der Waals surface area contributed by atoms with E-state index in [1.165, 1.54) is 18.5 Å². The molecule has 1 aromatic heterocycles. The van der Waals surface area contributed by atoms with Gasteiger partial charge in [-0.25, -0.2) is 18.7 Å². The fourth-order valence-corrected chi connectivity index (χ4v) is 5.88. The Hall–Kier alpha value is -3.50. The first-order valence-corrected chi connectivity index (χ1v) is 13.3. The van der Waals surface area contributed by atoms with Crippen molar-refractivity contribution in [1.29, 1.82) is 0 Å². The topological polar surface area (TPSA) is 85.8 Å². The van der Waals surface area contributed by atoms with Gasteiger partial charge >= 0.3 is 0 Å². The maximum Gasteiger partial charge on any atom is 0.245 e.